The molecule has 0 atom stereocenters. The maximum Gasteiger partial charge on any atom is 0.162 e. The highest BCUT2D eigenvalue weighted by atomic mass is 15.1. The van der Waals surface area contributed by atoms with Crippen molar-refractivity contribution >= 4 is 87.2 Å². The summed E-state index contributed by atoms with van der Waals surface area (Å²) in [6, 6.07) is 137. The Labute approximate surface area is 611 Å². The summed E-state index contributed by atoms with van der Waals surface area (Å²) in [4.78, 5) is 21.2. The molecule has 8 nitrogen and oxygen atoms in total. The van der Waals surface area contributed by atoms with E-state index in [4.69, 9.17) is 19.9 Å². The fraction of sp³-hybridized carbons (Fsp3) is 0. The Morgan fingerprint density at radius 3 is 0.821 bits per heavy atom. The standard InChI is InChI=1S/C52H34N4.C46H30N4/c1-4-14-35(15-5-1)37-24-28-39(29-25-37)44-34-49(54-52(53-44)40-30-26-38(27-31-40)36-16-6-2-7-17-36)56-46-23-13-11-21-43(46)51-48(56)33-32-47-50(51)42-20-10-12-22-45(42)55(47)41-18-8-3-9-19-41;1-4-15-31(16-5-1)33-19-14-20-34(29-33)46-47-38(32-17-6-2-7-18-32)30-43(48-46)50-40-26-13-11-24-37(40)45-42(50)28-27-41-44(45)36-23-10-12-25-39(36)49(41)35-21-8-3-9-22-35/h1-34H;1-30H. The Balaban J connectivity index is 0.000000141. The molecule has 8 heteroatoms. The number of rotatable bonds is 11. The molecule has 0 N–H and O–H groups in total. The molecule has 0 aliphatic carbocycles. The largest absolute Gasteiger partial charge is 0.309 e. The lowest BCUT2D eigenvalue weighted by Crippen LogP contribution is -2.02. The van der Waals surface area contributed by atoms with Crippen molar-refractivity contribution in [2.75, 3.05) is 0 Å². The van der Waals surface area contributed by atoms with E-state index in [2.05, 4.69) is 388 Å². The zero-order valence-corrected chi connectivity index (χ0v) is 57.5. The normalized spacial score (nSPS) is 11.6. The average molecular weight is 1350 g/mol. The van der Waals surface area contributed by atoms with Crippen LogP contribution in [-0.2, 0) is 0 Å². The van der Waals surface area contributed by atoms with Crippen LogP contribution in [0.1, 0.15) is 0 Å². The van der Waals surface area contributed by atoms with Crippen LogP contribution in [0.15, 0.2) is 388 Å². The summed E-state index contributed by atoms with van der Waals surface area (Å²) < 4.78 is 9.41. The highest BCUT2D eigenvalue weighted by Gasteiger charge is 2.25. The van der Waals surface area contributed by atoms with Gasteiger partial charge in [0.15, 0.2) is 11.6 Å². The van der Waals surface area contributed by atoms with Gasteiger partial charge in [-0.05, 0) is 112 Å². The molecule has 0 bridgehead atoms. The summed E-state index contributed by atoms with van der Waals surface area (Å²) in [7, 11) is 0. The summed E-state index contributed by atoms with van der Waals surface area (Å²) >= 11 is 0. The number of para-hydroxylation sites is 6. The van der Waals surface area contributed by atoms with Crippen LogP contribution >= 0.6 is 0 Å². The Bertz CT molecular complexity index is 6780. The van der Waals surface area contributed by atoms with Gasteiger partial charge in [0.2, 0.25) is 0 Å². The molecule has 0 radical (unpaired) electrons. The minimum atomic E-state index is 0.678. The second kappa shape index (κ2) is 25.9. The summed E-state index contributed by atoms with van der Waals surface area (Å²) in [5.41, 5.74) is 24.2. The van der Waals surface area contributed by atoms with Gasteiger partial charge in [-0.1, -0.05) is 297 Å². The third-order valence-corrected chi connectivity index (χ3v) is 20.7. The van der Waals surface area contributed by atoms with E-state index < -0.39 is 0 Å². The van der Waals surface area contributed by atoms with Crippen LogP contribution in [0.4, 0.5) is 0 Å². The van der Waals surface area contributed by atoms with E-state index in [1.54, 1.807) is 0 Å². The molecule has 21 aromatic rings. The first-order valence-electron chi connectivity index (χ1n) is 35.9. The Kier molecular flexibility index (Phi) is 15.0. The molecule has 15 aromatic carbocycles. The molecule has 0 unspecified atom stereocenters. The number of benzene rings is 15. The monoisotopic (exact) mass is 1350 g/mol. The summed E-state index contributed by atoms with van der Waals surface area (Å²) in [6.07, 6.45) is 0. The number of aromatic nitrogens is 8. The predicted molar refractivity (Wildman–Crippen MR) is 439 cm³/mol. The van der Waals surface area contributed by atoms with E-state index in [1.807, 2.05) is 18.2 Å². The van der Waals surface area contributed by atoms with Gasteiger partial charge in [-0.2, -0.15) is 0 Å². The fourth-order valence-corrected chi connectivity index (χ4v) is 15.9. The minimum Gasteiger partial charge on any atom is -0.309 e. The van der Waals surface area contributed by atoms with Crippen LogP contribution in [-0.4, -0.2) is 38.2 Å². The third-order valence-electron chi connectivity index (χ3n) is 20.7. The predicted octanol–water partition coefficient (Wildman–Crippen LogP) is 25.0. The van der Waals surface area contributed by atoms with E-state index >= 15 is 0 Å². The third kappa shape index (κ3) is 10.6. The van der Waals surface area contributed by atoms with Gasteiger partial charge in [0.25, 0.3) is 0 Å². The Morgan fingerprint density at radius 1 is 0.160 bits per heavy atom. The molecule has 0 amide bonds. The van der Waals surface area contributed by atoms with Crippen molar-refractivity contribution in [2.45, 2.75) is 0 Å². The molecular formula is C98H64N8. The van der Waals surface area contributed by atoms with Crippen molar-refractivity contribution in [1.82, 2.24) is 38.2 Å². The van der Waals surface area contributed by atoms with Gasteiger partial charge < -0.3 is 9.13 Å². The van der Waals surface area contributed by atoms with Gasteiger partial charge in [0.1, 0.15) is 11.6 Å². The molecule has 106 heavy (non-hydrogen) atoms. The number of hydrogen-bond donors (Lipinski definition) is 0. The molecule has 0 fully saturated rings. The van der Waals surface area contributed by atoms with Crippen molar-refractivity contribution in [3.63, 3.8) is 0 Å². The van der Waals surface area contributed by atoms with Crippen molar-refractivity contribution in [3.05, 3.63) is 388 Å². The number of nitrogens with zero attached hydrogens (tertiary/aromatic N) is 8. The molecule has 6 aromatic heterocycles. The van der Waals surface area contributed by atoms with Gasteiger partial charge in [-0.3, -0.25) is 9.13 Å². The van der Waals surface area contributed by atoms with E-state index in [-0.39, 0.29) is 0 Å². The van der Waals surface area contributed by atoms with Gasteiger partial charge in [-0.25, -0.2) is 19.9 Å². The molecule has 21 rings (SSSR count). The van der Waals surface area contributed by atoms with Gasteiger partial charge in [0.05, 0.1) is 55.5 Å². The minimum absolute atomic E-state index is 0.678. The van der Waals surface area contributed by atoms with Gasteiger partial charge in [-0.15, -0.1) is 0 Å². The van der Waals surface area contributed by atoms with Gasteiger partial charge in [0, 0.05) is 88.9 Å². The quantitative estimate of drug-likeness (QED) is 0.129. The maximum atomic E-state index is 5.38. The SMILES string of the molecule is c1ccc(-c2ccc(-c3cc(-n4c5ccccc5c5c6c7ccccc7n(-c7ccccc7)c6ccc54)nc(-c4ccc(-c5ccccc5)cc4)n3)cc2)cc1.c1ccc(-c2cccc(-c3nc(-c4ccccc4)cc(-n4c5ccccc5c5c6c7ccccc7n(-c7ccccc7)c6ccc54)n3)c2)cc1. The maximum absolute atomic E-state index is 5.38. The first-order chi connectivity index (χ1) is 52.6. The first-order valence-corrected chi connectivity index (χ1v) is 35.9. The van der Waals surface area contributed by atoms with E-state index in [9.17, 15) is 0 Å². The zero-order valence-electron chi connectivity index (χ0n) is 57.5. The smallest absolute Gasteiger partial charge is 0.162 e. The van der Waals surface area contributed by atoms with Crippen molar-refractivity contribution < 1.29 is 0 Å². The second-order valence-corrected chi connectivity index (χ2v) is 26.9. The highest BCUT2D eigenvalue weighted by Crippen LogP contribution is 2.46. The van der Waals surface area contributed by atoms with Crippen LogP contribution in [0.3, 0.4) is 0 Å². The zero-order chi connectivity index (χ0) is 70.0. The molecule has 0 aliphatic rings. The summed E-state index contributed by atoms with van der Waals surface area (Å²) in [5, 5.41) is 9.74. The Hall–Kier alpha value is -14.3. The van der Waals surface area contributed by atoms with E-state index in [1.165, 1.54) is 81.8 Å². The van der Waals surface area contributed by atoms with E-state index in [0.29, 0.717) is 11.6 Å². The second-order valence-electron chi connectivity index (χ2n) is 26.9. The van der Waals surface area contributed by atoms with Crippen LogP contribution < -0.4 is 0 Å². The average Bonchev–Trinajstić information content (AvgIpc) is 1.55. The highest BCUT2D eigenvalue weighted by molar-refractivity contribution is 6.30. The van der Waals surface area contributed by atoms with Gasteiger partial charge >= 0.3 is 0 Å². The first kappa shape index (κ1) is 61.5. The molecule has 0 aliphatic heterocycles. The molecular weight excluding hydrogens is 1290 g/mol. The van der Waals surface area contributed by atoms with Crippen LogP contribution in [0, 0.1) is 0 Å². The van der Waals surface area contributed by atoms with Crippen LogP contribution in [0.25, 0.3) is 189 Å². The summed E-state index contributed by atoms with van der Waals surface area (Å²) in [5.74, 6) is 3.02. The lowest BCUT2D eigenvalue weighted by Gasteiger charge is -2.13. The van der Waals surface area contributed by atoms with Crippen LogP contribution in [0.5, 0.6) is 0 Å². The number of hydrogen-bond acceptors (Lipinski definition) is 4. The fourth-order valence-electron chi connectivity index (χ4n) is 15.9. The van der Waals surface area contributed by atoms with Crippen LogP contribution in [0.2, 0.25) is 0 Å². The molecule has 0 spiro atoms. The molecule has 0 saturated heterocycles. The number of fused-ring (bicyclic) bond motifs is 14. The van der Waals surface area contributed by atoms with Crippen molar-refractivity contribution in [2.24, 2.45) is 0 Å². The lowest BCUT2D eigenvalue weighted by molar-refractivity contribution is 1.05. The molecule has 496 valence electrons. The molecule has 0 saturated carbocycles. The van der Waals surface area contributed by atoms with Crippen molar-refractivity contribution in [3.8, 4) is 102 Å². The van der Waals surface area contributed by atoms with Crippen molar-refractivity contribution in [1.29, 1.82) is 0 Å². The topological polar surface area (TPSA) is 71.3 Å². The molecule has 6 heterocycles. The Morgan fingerprint density at radius 2 is 0.425 bits per heavy atom. The van der Waals surface area contributed by atoms with E-state index in [0.717, 1.165) is 95.4 Å². The lowest BCUT2D eigenvalue weighted by atomic mass is 10.0. The summed E-state index contributed by atoms with van der Waals surface area (Å²) in [6.45, 7) is 0.